The second-order valence-electron chi connectivity index (χ2n) is 5.50. The summed E-state index contributed by atoms with van der Waals surface area (Å²) in [4.78, 5) is 17.3. The Morgan fingerprint density at radius 3 is 2.91 bits per heavy atom. The second-order valence-corrected chi connectivity index (χ2v) is 5.88. The highest BCUT2D eigenvalue weighted by Crippen LogP contribution is 2.15. The highest BCUT2D eigenvalue weighted by Gasteiger charge is 2.12. The number of aromatic amines is 1. The van der Waals surface area contributed by atoms with Crippen LogP contribution in [0.1, 0.15) is 24.5 Å². The van der Waals surface area contributed by atoms with E-state index < -0.39 is 0 Å². The molecule has 0 spiro atoms. The van der Waals surface area contributed by atoms with Gasteiger partial charge in [-0.05, 0) is 49.5 Å². The normalized spacial score (nSPS) is 10.7. The Labute approximate surface area is 141 Å². The van der Waals surface area contributed by atoms with Crippen molar-refractivity contribution in [1.29, 1.82) is 0 Å². The molecule has 0 saturated carbocycles. The van der Waals surface area contributed by atoms with Gasteiger partial charge in [-0.1, -0.05) is 18.2 Å². The molecule has 3 N–H and O–H groups in total. The molecule has 5 nitrogen and oxygen atoms in total. The number of aliphatic hydroxyl groups excluding tert-OH is 1. The largest absolute Gasteiger partial charge is 0.396 e. The molecule has 124 valence electrons. The van der Waals surface area contributed by atoms with Gasteiger partial charge in [-0.3, -0.25) is 4.79 Å². The summed E-state index contributed by atoms with van der Waals surface area (Å²) >= 11 is 5.37. The van der Waals surface area contributed by atoms with Crippen LogP contribution in [0.15, 0.2) is 29.1 Å². The fourth-order valence-electron chi connectivity index (χ4n) is 2.53. The molecular weight excluding hydrogens is 310 g/mol. The predicted molar refractivity (Wildman–Crippen MR) is 97.7 cm³/mol. The molecule has 1 heterocycles. The Hall–Kier alpha value is -1.92. The fourth-order valence-corrected chi connectivity index (χ4v) is 2.83. The molecule has 0 saturated heterocycles. The number of para-hydroxylation sites is 1. The first-order valence-corrected chi connectivity index (χ1v) is 8.22. The summed E-state index contributed by atoms with van der Waals surface area (Å²) in [6.07, 6.45) is 0.607. The highest BCUT2D eigenvalue weighted by molar-refractivity contribution is 7.80. The first-order chi connectivity index (χ1) is 11.1. The van der Waals surface area contributed by atoms with Crippen molar-refractivity contribution < 1.29 is 5.11 Å². The number of rotatable bonds is 6. The van der Waals surface area contributed by atoms with Gasteiger partial charge in [-0.2, -0.15) is 0 Å². The van der Waals surface area contributed by atoms with E-state index in [-0.39, 0.29) is 12.2 Å². The van der Waals surface area contributed by atoms with Gasteiger partial charge in [0.2, 0.25) is 0 Å². The van der Waals surface area contributed by atoms with Crippen molar-refractivity contribution in [2.75, 3.05) is 19.7 Å². The van der Waals surface area contributed by atoms with Crippen LogP contribution < -0.4 is 10.9 Å². The van der Waals surface area contributed by atoms with E-state index >= 15 is 0 Å². The van der Waals surface area contributed by atoms with Gasteiger partial charge >= 0.3 is 0 Å². The molecule has 0 atom stereocenters. The van der Waals surface area contributed by atoms with Crippen LogP contribution in [0.3, 0.4) is 0 Å². The van der Waals surface area contributed by atoms with Gasteiger partial charge in [0.1, 0.15) is 0 Å². The maximum Gasteiger partial charge on any atom is 0.253 e. The summed E-state index contributed by atoms with van der Waals surface area (Å²) in [5, 5.41) is 13.8. The molecule has 0 radical (unpaired) electrons. The van der Waals surface area contributed by atoms with Crippen LogP contribution in [0.5, 0.6) is 0 Å². The third-order valence-electron chi connectivity index (χ3n) is 3.73. The number of pyridine rings is 1. The number of nitrogens with zero attached hydrogens (tertiary/aromatic N) is 1. The minimum absolute atomic E-state index is 0.0957. The van der Waals surface area contributed by atoms with Crippen molar-refractivity contribution in [2.45, 2.75) is 26.8 Å². The lowest BCUT2D eigenvalue weighted by atomic mass is 10.1. The fraction of sp³-hybridized carbons (Fsp3) is 0.412. The minimum atomic E-state index is -0.0971. The summed E-state index contributed by atoms with van der Waals surface area (Å²) in [6, 6.07) is 7.86. The summed E-state index contributed by atoms with van der Waals surface area (Å²) in [5.74, 6) is 0. The highest BCUT2D eigenvalue weighted by atomic mass is 32.1. The Morgan fingerprint density at radius 2 is 2.22 bits per heavy atom. The van der Waals surface area contributed by atoms with Crippen molar-refractivity contribution in [2.24, 2.45) is 0 Å². The van der Waals surface area contributed by atoms with Crippen molar-refractivity contribution in [3.05, 3.63) is 45.7 Å². The van der Waals surface area contributed by atoms with E-state index in [0.717, 1.165) is 23.0 Å². The molecule has 0 unspecified atom stereocenters. The first kappa shape index (κ1) is 17.4. The lowest BCUT2D eigenvalue weighted by Gasteiger charge is -2.25. The molecule has 6 heteroatoms. The van der Waals surface area contributed by atoms with E-state index in [1.165, 1.54) is 0 Å². The van der Waals surface area contributed by atoms with Crippen LogP contribution >= 0.6 is 12.2 Å². The van der Waals surface area contributed by atoms with Crippen LogP contribution in [0.25, 0.3) is 10.9 Å². The first-order valence-electron chi connectivity index (χ1n) is 7.82. The number of hydrogen-bond donors (Lipinski definition) is 3. The maximum atomic E-state index is 12.4. The standard InChI is InChI=1S/C17H23N3O2S/c1-3-18-17(23)20(8-5-9-21)11-14-10-13-7-4-6-12(2)15(13)19-16(14)22/h4,6-7,10,21H,3,5,8-9,11H2,1-2H3,(H,18,23)(H,19,22). The lowest BCUT2D eigenvalue weighted by molar-refractivity contribution is 0.264. The molecular formula is C17H23N3O2S. The molecule has 0 aliphatic heterocycles. The number of thiocarbonyl (C=S) groups is 1. The van der Waals surface area contributed by atoms with Gasteiger partial charge in [-0.15, -0.1) is 0 Å². The monoisotopic (exact) mass is 333 g/mol. The Kier molecular flexibility index (Phi) is 6.12. The third kappa shape index (κ3) is 4.30. The maximum absolute atomic E-state index is 12.4. The van der Waals surface area contributed by atoms with Crippen molar-refractivity contribution in [1.82, 2.24) is 15.2 Å². The molecule has 1 aromatic carbocycles. The number of aromatic nitrogens is 1. The van der Waals surface area contributed by atoms with Crippen molar-refractivity contribution in [3.63, 3.8) is 0 Å². The molecule has 0 amide bonds. The molecule has 0 aliphatic rings. The van der Waals surface area contributed by atoms with Gasteiger partial charge in [0.25, 0.3) is 5.56 Å². The van der Waals surface area contributed by atoms with Crippen molar-refractivity contribution in [3.8, 4) is 0 Å². The Balaban J connectivity index is 2.31. The lowest BCUT2D eigenvalue weighted by Crippen LogP contribution is -2.41. The summed E-state index contributed by atoms with van der Waals surface area (Å²) in [7, 11) is 0. The van der Waals surface area contributed by atoms with Crippen LogP contribution in [-0.2, 0) is 6.54 Å². The van der Waals surface area contributed by atoms with E-state index in [2.05, 4.69) is 10.3 Å². The number of aryl methyl sites for hydroxylation is 1. The smallest absolute Gasteiger partial charge is 0.253 e. The van der Waals surface area contributed by atoms with Crippen LogP contribution in [0.2, 0.25) is 0 Å². The topological polar surface area (TPSA) is 68.4 Å². The van der Waals surface area contributed by atoms with E-state index in [9.17, 15) is 4.79 Å². The van der Waals surface area contributed by atoms with Crippen LogP contribution in [0.4, 0.5) is 0 Å². The molecule has 0 fully saturated rings. The molecule has 2 rings (SSSR count). The van der Waals surface area contributed by atoms with Crippen LogP contribution in [-0.4, -0.2) is 39.8 Å². The average Bonchev–Trinajstić information content (AvgIpc) is 2.53. The van der Waals surface area contributed by atoms with Gasteiger partial charge in [-0.25, -0.2) is 0 Å². The molecule has 2 aromatic rings. The number of fused-ring (bicyclic) bond motifs is 1. The van der Waals surface area contributed by atoms with Crippen molar-refractivity contribution >= 4 is 28.2 Å². The quantitative estimate of drug-likeness (QED) is 0.705. The zero-order valence-corrected chi connectivity index (χ0v) is 14.4. The van der Waals surface area contributed by atoms with Gasteiger partial charge < -0.3 is 20.3 Å². The third-order valence-corrected chi connectivity index (χ3v) is 4.13. The van der Waals surface area contributed by atoms with Gasteiger partial charge in [0, 0.05) is 25.3 Å². The minimum Gasteiger partial charge on any atom is -0.396 e. The number of benzene rings is 1. The summed E-state index contributed by atoms with van der Waals surface area (Å²) in [5.41, 5.74) is 2.49. The number of nitrogens with one attached hydrogen (secondary N) is 2. The van der Waals surface area contributed by atoms with E-state index in [1.807, 2.05) is 43.0 Å². The van der Waals surface area contributed by atoms with Crippen LogP contribution in [0, 0.1) is 6.92 Å². The Bertz CT molecular complexity index is 742. The molecule has 0 bridgehead atoms. The van der Waals surface area contributed by atoms with Gasteiger partial charge in [0.05, 0.1) is 12.1 Å². The summed E-state index contributed by atoms with van der Waals surface area (Å²) in [6.45, 7) is 5.80. The predicted octanol–water partition coefficient (Wildman–Crippen LogP) is 1.92. The molecule has 1 aromatic heterocycles. The summed E-state index contributed by atoms with van der Waals surface area (Å²) < 4.78 is 0. The second kappa shape index (κ2) is 8.08. The number of aliphatic hydroxyl groups is 1. The molecule has 0 aliphatic carbocycles. The Morgan fingerprint density at radius 1 is 1.43 bits per heavy atom. The molecule has 23 heavy (non-hydrogen) atoms. The van der Waals surface area contributed by atoms with E-state index in [4.69, 9.17) is 17.3 Å². The average molecular weight is 333 g/mol. The SMILES string of the molecule is CCNC(=S)N(CCCO)Cc1cc2cccc(C)c2[nH]c1=O. The van der Waals surface area contributed by atoms with E-state index in [1.54, 1.807) is 0 Å². The van der Waals surface area contributed by atoms with Gasteiger partial charge in [0.15, 0.2) is 5.11 Å². The zero-order chi connectivity index (χ0) is 16.8. The number of H-pyrrole nitrogens is 1. The number of hydrogen-bond acceptors (Lipinski definition) is 3. The van der Waals surface area contributed by atoms with E-state index in [0.29, 0.717) is 30.2 Å². The zero-order valence-electron chi connectivity index (χ0n) is 13.6.